The largest absolute Gasteiger partial charge is 0.302 e. The maximum atomic E-state index is 11.1. The van der Waals surface area contributed by atoms with Gasteiger partial charge in [0.05, 0.1) is 5.92 Å². The fourth-order valence-corrected chi connectivity index (χ4v) is 1.71. The maximum Gasteiger partial charge on any atom is 0.131 e. The van der Waals surface area contributed by atoms with Crippen molar-refractivity contribution >= 4 is 17.9 Å². The Morgan fingerprint density at radius 2 is 1.88 bits per heavy atom. The van der Waals surface area contributed by atoms with Gasteiger partial charge in [0, 0.05) is 17.4 Å². The summed E-state index contributed by atoms with van der Waals surface area (Å²) in [7, 11) is 0. The molecule has 2 nitrogen and oxygen atoms in total. The highest BCUT2D eigenvalue weighted by Crippen LogP contribution is 2.23. The van der Waals surface area contributed by atoms with Crippen LogP contribution in [-0.4, -0.2) is 11.3 Å². The molecule has 1 unspecified atom stereocenters. The summed E-state index contributed by atoms with van der Waals surface area (Å²) in [5, 5.41) is 0.666. The summed E-state index contributed by atoms with van der Waals surface area (Å²) in [6, 6.07) is 11.0. The van der Waals surface area contributed by atoms with Crippen LogP contribution in [0.3, 0.4) is 0 Å². The molecule has 0 radical (unpaired) electrons. The Morgan fingerprint density at radius 1 is 1.12 bits per heavy atom. The Kier molecular flexibility index (Phi) is 3.32. The van der Waals surface area contributed by atoms with Crippen LogP contribution in [0.2, 0.25) is 5.02 Å². The van der Waals surface area contributed by atoms with Crippen LogP contribution < -0.4 is 0 Å². The number of hydrogen-bond donors (Lipinski definition) is 0. The Labute approximate surface area is 98.9 Å². The van der Waals surface area contributed by atoms with E-state index in [-0.39, 0.29) is 5.92 Å². The highest BCUT2D eigenvalue weighted by Gasteiger charge is 2.12. The van der Waals surface area contributed by atoms with Gasteiger partial charge in [0.15, 0.2) is 0 Å². The van der Waals surface area contributed by atoms with Gasteiger partial charge in [-0.25, -0.2) is 0 Å². The average Bonchev–Trinajstić information content (AvgIpc) is 2.34. The van der Waals surface area contributed by atoms with E-state index >= 15 is 0 Å². The standard InChI is InChI=1S/C13H10ClNO/c14-12-5-3-10(4-6-12)13(9-16)11-2-1-7-15-8-11/h1-9,13H. The lowest BCUT2D eigenvalue weighted by molar-refractivity contribution is -0.108. The molecule has 0 amide bonds. The Morgan fingerprint density at radius 3 is 2.44 bits per heavy atom. The van der Waals surface area contributed by atoms with Gasteiger partial charge in [-0.3, -0.25) is 4.98 Å². The molecule has 0 bridgehead atoms. The van der Waals surface area contributed by atoms with Gasteiger partial charge in [0.1, 0.15) is 6.29 Å². The van der Waals surface area contributed by atoms with Crippen LogP contribution in [0, 0.1) is 0 Å². The smallest absolute Gasteiger partial charge is 0.131 e. The third-order valence-electron chi connectivity index (χ3n) is 2.41. The van der Waals surface area contributed by atoms with Gasteiger partial charge in [0.2, 0.25) is 0 Å². The summed E-state index contributed by atoms with van der Waals surface area (Å²) in [6.07, 6.45) is 4.31. The molecule has 0 N–H and O–H groups in total. The first-order valence-corrected chi connectivity index (χ1v) is 5.30. The maximum absolute atomic E-state index is 11.1. The second-order valence-corrected chi connectivity index (χ2v) is 3.89. The number of pyridine rings is 1. The van der Waals surface area contributed by atoms with E-state index in [2.05, 4.69) is 4.98 Å². The van der Waals surface area contributed by atoms with E-state index in [1.807, 2.05) is 24.3 Å². The fourth-order valence-electron chi connectivity index (χ4n) is 1.58. The second-order valence-electron chi connectivity index (χ2n) is 3.45. The summed E-state index contributed by atoms with van der Waals surface area (Å²) in [5.41, 5.74) is 1.81. The van der Waals surface area contributed by atoms with Crippen molar-refractivity contribution in [2.24, 2.45) is 0 Å². The van der Waals surface area contributed by atoms with Crippen LogP contribution in [-0.2, 0) is 4.79 Å². The Bertz CT molecular complexity index is 467. The predicted octanol–water partition coefficient (Wildman–Crippen LogP) is 3.07. The molecule has 1 atom stereocenters. The van der Waals surface area contributed by atoms with Gasteiger partial charge in [0.25, 0.3) is 0 Å². The van der Waals surface area contributed by atoms with Crippen LogP contribution in [0.4, 0.5) is 0 Å². The monoisotopic (exact) mass is 231 g/mol. The molecule has 0 saturated carbocycles. The third kappa shape index (κ3) is 2.28. The van der Waals surface area contributed by atoms with E-state index in [1.165, 1.54) is 0 Å². The van der Waals surface area contributed by atoms with E-state index in [1.54, 1.807) is 24.5 Å². The van der Waals surface area contributed by atoms with Crippen molar-refractivity contribution in [3.8, 4) is 0 Å². The molecule has 2 aromatic rings. The van der Waals surface area contributed by atoms with Crippen molar-refractivity contribution < 1.29 is 4.79 Å². The number of nitrogens with zero attached hydrogens (tertiary/aromatic N) is 1. The van der Waals surface area contributed by atoms with E-state index in [0.29, 0.717) is 5.02 Å². The van der Waals surface area contributed by atoms with E-state index in [9.17, 15) is 4.79 Å². The molecule has 1 aromatic heterocycles. The first-order valence-electron chi connectivity index (χ1n) is 4.92. The Hall–Kier alpha value is -1.67. The molecule has 2 rings (SSSR count). The van der Waals surface area contributed by atoms with Crippen LogP contribution in [0.25, 0.3) is 0 Å². The van der Waals surface area contributed by atoms with Crippen molar-refractivity contribution in [2.45, 2.75) is 5.92 Å². The SMILES string of the molecule is O=CC(c1ccc(Cl)cc1)c1cccnc1. The van der Waals surface area contributed by atoms with E-state index < -0.39 is 0 Å². The van der Waals surface area contributed by atoms with Crippen molar-refractivity contribution in [1.82, 2.24) is 4.98 Å². The molecule has 80 valence electrons. The van der Waals surface area contributed by atoms with Crippen molar-refractivity contribution in [3.63, 3.8) is 0 Å². The number of halogens is 1. The van der Waals surface area contributed by atoms with Crippen LogP contribution in [0.15, 0.2) is 48.8 Å². The molecular formula is C13H10ClNO. The average molecular weight is 232 g/mol. The number of carbonyl (C=O) groups excluding carboxylic acids is 1. The minimum absolute atomic E-state index is 0.272. The zero-order chi connectivity index (χ0) is 11.4. The number of aromatic nitrogens is 1. The normalized spacial score (nSPS) is 12.1. The number of hydrogen-bond acceptors (Lipinski definition) is 2. The quantitative estimate of drug-likeness (QED) is 0.760. The number of aldehydes is 1. The molecule has 3 heteroatoms. The van der Waals surface area contributed by atoms with Gasteiger partial charge < -0.3 is 4.79 Å². The number of rotatable bonds is 3. The summed E-state index contributed by atoms with van der Waals surface area (Å²) < 4.78 is 0. The van der Waals surface area contributed by atoms with Crippen LogP contribution in [0.1, 0.15) is 17.0 Å². The molecule has 1 heterocycles. The first kappa shape index (κ1) is 10.8. The van der Waals surface area contributed by atoms with Crippen LogP contribution >= 0.6 is 11.6 Å². The summed E-state index contributed by atoms with van der Waals surface area (Å²) in [5.74, 6) is -0.272. The lowest BCUT2D eigenvalue weighted by Gasteiger charge is -2.10. The molecule has 0 saturated heterocycles. The van der Waals surface area contributed by atoms with Gasteiger partial charge in [-0.2, -0.15) is 0 Å². The zero-order valence-corrected chi connectivity index (χ0v) is 9.26. The molecule has 0 spiro atoms. The van der Waals surface area contributed by atoms with Gasteiger partial charge in [-0.15, -0.1) is 0 Å². The molecule has 16 heavy (non-hydrogen) atoms. The highest BCUT2D eigenvalue weighted by atomic mass is 35.5. The lowest BCUT2D eigenvalue weighted by atomic mass is 9.94. The van der Waals surface area contributed by atoms with Crippen molar-refractivity contribution in [3.05, 3.63) is 64.9 Å². The van der Waals surface area contributed by atoms with Crippen molar-refractivity contribution in [2.75, 3.05) is 0 Å². The zero-order valence-electron chi connectivity index (χ0n) is 8.51. The first-order chi connectivity index (χ1) is 7.81. The lowest BCUT2D eigenvalue weighted by Crippen LogP contribution is -2.02. The third-order valence-corrected chi connectivity index (χ3v) is 2.66. The van der Waals surface area contributed by atoms with E-state index in [4.69, 9.17) is 11.6 Å². The molecule has 0 aliphatic rings. The van der Waals surface area contributed by atoms with Crippen molar-refractivity contribution in [1.29, 1.82) is 0 Å². The molecule has 0 aliphatic carbocycles. The summed E-state index contributed by atoms with van der Waals surface area (Å²) >= 11 is 5.80. The van der Waals surface area contributed by atoms with Gasteiger partial charge in [-0.1, -0.05) is 29.8 Å². The van der Waals surface area contributed by atoms with Crippen LogP contribution in [0.5, 0.6) is 0 Å². The Balaban J connectivity index is 2.37. The minimum Gasteiger partial charge on any atom is -0.302 e. The summed E-state index contributed by atoms with van der Waals surface area (Å²) in [4.78, 5) is 15.1. The summed E-state index contributed by atoms with van der Waals surface area (Å²) in [6.45, 7) is 0. The molecule has 0 fully saturated rings. The molecule has 1 aromatic carbocycles. The van der Waals surface area contributed by atoms with Gasteiger partial charge >= 0.3 is 0 Å². The number of benzene rings is 1. The molecule has 0 aliphatic heterocycles. The van der Waals surface area contributed by atoms with E-state index in [0.717, 1.165) is 17.4 Å². The predicted molar refractivity (Wildman–Crippen MR) is 63.6 cm³/mol. The topological polar surface area (TPSA) is 30.0 Å². The second kappa shape index (κ2) is 4.90. The molecular weight excluding hydrogens is 222 g/mol. The fraction of sp³-hybridized carbons (Fsp3) is 0.0769. The minimum atomic E-state index is -0.272. The van der Waals surface area contributed by atoms with Gasteiger partial charge in [-0.05, 0) is 29.3 Å². The highest BCUT2D eigenvalue weighted by molar-refractivity contribution is 6.30. The number of carbonyl (C=O) groups is 1.